The number of nitrogens with two attached hydrogens (primary N) is 1. The third-order valence-electron chi connectivity index (χ3n) is 2.40. The highest BCUT2D eigenvalue weighted by molar-refractivity contribution is 5.80. The number of carbonyl (C=O) groups is 1. The Hall–Kier alpha value is -1.55. The second-order valence-corrected chi connectivity index (χ2v) is 4.20. The molecule has 4 nitrogen and oxygen atoms in total. The first kappa shape index (κ1) is 13.5. The van der Waals surface area contributed by atoms with Gasteiger partial charge in [0.05, 0.1) is 12.6 Å². The fourth-order valence-electron chi connectivity index (χ4n) is 1.46. The summed E-state index contributed by atoms with van der Waals surface area (Å²) in [5.74, 6) is 0.694. The maximum absolute atomic E-state index is 11.2. The van der Waals surface area contributed by atoms with Gasteiger partial charge < -0.3 is 15.8 Å². The Kier molecular flexibility index (Phi) is 4.97. The topological polar surface area (TPSA) is 64.3 Å². The van der Waals surface area contributed by atoms with Crippen LogP contribution in [0.5, 0.6) is 5.75 Å². The summed E-state index contributed by atoms with van der Waals surface area (Å²) in [7, 11) is 0. The van der Waals surface area contributed by atoms with Crippen molar-refractivity contribution in [2.45, 2.75) is 26.8 Å². The van der Waals surface area contributed by atoms with E-state index in [0.717, 1.165) is 11.3 Å². The van der Waals surface area contributed by atoms with Gasteiger partial charge in [-0.25, -0.2) is 0 Å². The predicted molar refractivity (Wildman–Crippen MR) is 68.1 cm³/mol. The van der Waals surface area contributed by atoms with Gasteiger partial charge in [0.25, 0.3) is 0 Å². The van der Waals surface area contributed by atoms with Gasteiger partial charge in [-0.15, -0.1) is 0 Å². The third kappa shape index (κ3) is 4.44. The van der Waals surface area contributed by atoms with Gasteiger partial charge in [0.2, 0.25) is 5.91 Å². The Labute approximate surface area is 102 Å². The number of rotatable bonds is 5. The maximum Gasteiger partial charge on any atom is 0.236 e. The summed E-state index contributed by atoms with van der Waals surface area (Å²) in [6.45, 7) is 6.61. The van der Waals surface area contributed by atoms with E-state index < -0.39 is 6.04 Å². The van der Waals surface area contributed by atoms with Crippen LogP contribution < -0.4 is 15.8 Å². The lowest BCUT2D eigenvalue weighted by molar-refractivity contribution is -0.122. The van der Waals surface area contributed by atoms with Crippen LogP contribution >= 0.6 is 0 Å². The zero-order chi connectivity index (χ0) is 12.8. The first-order valence-electron chi connectivity index (χ1n) is 5.74. The van der Waals surface area contributed by atoms with Crippen LogP contribution in [0, 0.1) is 13.8 Å². The molecule has 1 amide bonds. The van der Waals surface area contributed by atoms with Crippen LogP contribution in [0.25, 0.3) is 0 Å². The van der Waals surface area contributed by atoms with Gasteiger partial charge in [-0.1, -0.05) is 17.7 Å². The van der Waals surface area contributed by atoms with Crippen LogP contribution in [0.2, 0.25) is 0 Å². The monoisotopic (exact) mass is 236 g/mol. The van der Waals surface area contributed by atoms with E-state index in [1.54, 1.807) is 6.92 Å². The molecular weight excluding hydrogens is 216 g/mol. The Balaban J connectivity index is 2.34. The maximum atomic E-state index is 11.2. The van der Waals surface area contributed by atoms with E-state index in [1.807, 2.05) is 26.0 Å². The molecule has 0 saturated carbocycles. The lowest BCUT2D eigenvalue weighted by atomic mass is 10.1. The molecule has 1 unspecified atom stereocenters. The van der Waals surface area contributed by atoms with Gasteiger partial charge in [-0.3, -0.25) is 4.79 Å². The molecule has 0 aliphatic rings. The Morgan fingerprint density at radius 1 is 1.47 bits per heavy atom. The van der Waals surface area contributed by atoms with Gasteiger partial charge in [-0.2, -0.15) is 0 Å². The van der Waals surface area contributed by atoms with Crippen LogP contribution in [0.3, 0.4) is 0 Å². The minimum atomic E-state index is -0.476. The van der Waals surface area contributed by atoms with Gasteiger partial charge in [-0.05, 0) is 32.4 Å². The molecule has 0 spiro atoms. The molecule has 0 heterocycles. The van der Waals surface area contributed by atoms with Gasteiger partial charge in [0.1, 0.15) is 12.4 Å². The quantitative estimate of drug-likeness (QED) is 0.754. The molecule has 1 atom stereocenters. The number of benzene rings is 1. The van der Waals surface area contributed by atoms with E-state index in [9.17, 15) is 4.79 Å². The lowest BCUT2D eigenvalue weighted by Crippen LogP contribution is -2.40. The molecule has 0 radical (unpaired) electrons. The highest BCUT2D eigenvalue weighted by Crippen LogP contribution is 2.18. The predicted octanol–water partition coefficient (Wildman–Crippen LogP) is 1.15. The van der Waals surface area contributed by atoms with Crippen LogP contribution in [0.4, 0.5) is 0 Å². The zero-order valence-corrected chi connectivity index (χ0v) is 10.6. The molecule has 1 aromatic rings. The van der Waals surface area contributed by atoms with Crippen molar-refractivity contribution in [3.05, 3.63) is 29.3 Å². The summed E-state index contributed by atoms with van der Waals surface area (Å²) in [5.41, 5.74) is 7.73. The Bertz CT molecular complexity index is 389. The number of aryl methyl sites for hydroxylation is 2. The molecule has 0 fully saturated rings. The van der Waals surface area contributed by atoms with Crippen molar-refractivity contribution in [2.24, 2.45) is 5.73 Å². The average Bonchev–Trinajstić information content (AvgIpc) is 2.26. The molecule has 17 heavy (non-hydrogen) atoms. The second kappa shape index (κ2) is 6.25. The van der Waals surface area contributed by atoms with Crippen molar-refractivity contribution < 1.29 is 9.53 Å². The van der Waals surface area contributed by atoms with E-state index in [4.69, 9.17) is 10.5 Å². The summed E-state index contributed by atoms with van der Waals surface area (Å²) in [6, 6.07) is 5.53. The van der Waals surface area contributed by atoms with Gasteiger partial charge in [0.15, 0.2) is 0 Å². The van der Waals surface area contributed by atoms with Crippen molar-refractivity contribution in [1.29, 1.82) is 0 Å². The first-order valence-corrected chi connectivity index (χ1v) is 5.74. The number of hydrogen-bond donors (Lipinski definition) is 2. The normalized spacial score (nSPS) is 12.0. The Morgan fingerprint density at radius 2 is 2.18 bits per heavy atom. The summed E-state index contributed by atoms with van der Waals surface area (Å²) < 4.78 is 5.57. The molecule has 94 valence electrons. The van der Waals surface area contributed by atoms with Crippen LogP contribution in [-0.4, -0.2) is 25.1 Å². The molecule has 0 aliphatic heterocycles. The molecule has 4 heteroatoms. The second-order valence-electron chi connectivity index (χ2n) is 4.20. The molecule has 3 N–H and O–H groups in total. The van der Waals surface area contributed by atoms with Crippen molar-refractivity contribution in [1.82, 2.24) is 5.32 Å². The van der Waals surface area contributed by atoms with Crippen molar-refractivity contribution in [3.63, 3.8) is 0 Å². The Morgan fingerprint density at radius 3 is 2.76 bits per heavy atom. The molecule has 0 aromatic heterocycles. The third-order valence-corrected chi connectivity index (χ3v) is 2.40. The van der Waals surface area contributed by atoms with Crippen LogP contribution in [0.1, 0.15) is 18.1 Å². The van der Waals surface area contributed by atoms with E-state index in [0.29, 0.717) is 13.2 Å². The van der Waals surface area contributed by atoms with Gasteiger partial charge >= 0.3 is 0 Å². The number of ether oxygens (including phenoxy) is 1. The van der Waals surface area contributed by atoms with E-state index in [2.05, 4.69) is 11.4 Å². The molecular formula is C13H20N2O2. The summed E-state index contributed by atoms with van der Waals surface area (Å²) in [4.78, 5) is 11.2. The van der Waals surface area contributed by atoms with E-state index >= 15 is 0 Å². The average molecular weight is 236 g/mol. The molecule has 1 aromatic carbocycles. The van der Waals surface area contributed by atoms with Crippen LogP contribution in [-0.2, 0) is 4.79 Å². The summed E-state index contributed by atoms with van der Waals surface area (Å²) >= 11 is 0. The molecule has 1 rings (SSSR count). The van der Waals surface area contributed by atoms with Crippen molar-refractivity contribution in [3.8, 4) is 5.75 Å². The summed E-state index contributed by atoms with van der Waals surface area (Å²) in [6.07, 6.45) is 0. The minimum Gasteiger partial charge on any atom is -0.491 e. The molecule has 0 aliphatic carbocycles. The molecule has 0 saturated heterocycles. The first-order chi connectivity index (χ1) is 8.00. The SMILES string of the molecule is Cc1ccc(OCCNC(=O)C(C)N)c(C)c1. The van der Waals surface area contributed by atoms with Crippen molar-refractivity contribution in [2.75, 3.05) is 13.2 Å². The molecule has 0 bridgehead atoms. The fourth-order valence-corrected chi connectivity index (χ4v) is 1.46. The van der Waals surface area contributed by atoms with Crippen molar-refractivity contribution >= 4 is 5.91 Å². The number of carbonyl (C=O) groups excluding carboxylic acids is 1. The standard InChI is InChI=1S/C13H20N2O2/c1-9-4-5-12(10(2)8-9)17-7-6-15-13(16)11(3)14/h4-5,8,11H,6-7,14H2,1-3H3,(H,15,16). The highest BCUT2D eigenvalue weighted by Gasteiger charge is 2.05. The zero-order valence-electron chi connectivity index (χ0n) is 10.6. The fraction of sp³-hybridized carbons (Fsp3) is 0.462. The lowest BCUT2D eigenvalue weighted by Gasteiger charge is -2.11. The summed E-state index contributed by atoms with van der Waals surface area (Å²) in [5, 5.41) is 2.69. The minimum absolute atomic E-state index is 0.158. The number of hydrogen-bond acceptors (Lipinski definition) is 3. The number of amides is 1. The highest BCUT2D eigenvalue weighted by atomic mass is 16.5. The van der Waals surface area contributed by atoms with E-state index in [1.165, 1.54) is 5.56 Å². The largest absolute Gasteiger partial charge is 0.491 e. The van der Waals surface area contributed by atoms with E-state index in [-0.39, 0.29) is 5.91 Å². The van der Waals surface area contributed by atoms with Crippen LogP contribution in [0.15, 0.2) is 18.2 Å². The number of nitrogens with one attached hydrogen (secondary N) is 1. The van der Waals surface area contributed by atoms with Gasteiger partial charge in [0, 0.05) is 0 Å². The smallest absolute Gasteiger partial charge is 0.236 e.